The van der Waals surface area contributed by atoms with E-state index in [-0.39, 0.29) is 11.7 Å². The highest BCUT2D eigenvalue weighted by atomic mass is 35.5. The minimum Gasteiger partial charge on any atom is -0.385 e. The third-order valence-electron chi connectivity index (χ3n) is 6.24. The van der Waals surface area contributed by atoms with Gasteiger partial charge in [-0.25, -0.2) is 0 Å². The summed E-state index contributed by atoms with van der Waals surface area (Å²) < 4.78 is 17.4. The maximum absolute atomic E-state index is 6.16. The molecular formula is C26H33ClO3. The van der Waals surface area contributed by atoms with E-state index >= 15 is 0 Å². The molecule has 0 amide bonds. The number of hydrogen-bond acceptors (Lipinski definition) is 3. The smallest absolute Gasteiger partial charge is 0.154 e. The predicted octanol–water partition coefficient (Wildman–Crippen LogP) is 7.04. The fourth-order valence-electron chi connectivity index (χ4n) is 4.51. The van der Waals surface area contributed by atoms with Gasteiger partial charge in [-0.15, -0.1) is 0 Å². The number of rotatable bonds is 8. The first kappa shape index (κ1) is 22.9. The van der Waals surface area contributed by atoms with Crippen molar-refractivity contribution in [2.75, 3.05) is 7.11 Å². The molecular weight excluding hydrogens is 396 g/mol. The van der Waals surface area contributed by atoms with Crippen LogP contribution in [0.3, 0.4) is 0 Å². The lowest BCUT2D eigenvalue weighted by molar-refractivity contribution is -0.0565. The van der Waals surface area contributed by atoms with E-state index in [0.717, 1.165) is 43.2 Å². The predicted molar refractivity (Wildman–Crippen MR) is 124 cm³/mol. The first-order valence-electron chi connectivity index (χ1n) is 10.8. The molecule has 3 nitrogen and oxygen atoms in total. The molecule has 0 unspecified atom stereocenters. The number of allylic oxidation sites excluding steroid dienone is 1. The Morgan fingerprint density at radius 1 is 1.13 bits per heavy atom. The van der Waals surface area contributed by atoms with Gasteiger partial charge in [0.1, 0.15) is 11.9 Å². The second-order valence-electron chi connectivity index (χ2n) is 8.31. The van der Waals surface area contributed by atoms with Crippen molar-refractivity contribution >= 4 is 17.4 Å². The van der Waals surface area contributed by atoms with Crippen LogP contribution >= 0.6 is 11.9 Å². The van der Waals surface area contributed by atoms with E-state index in [1.165, 1.54) is 16.7 Å². The van der Waals surface area contributed by atoms with Gasteiger partial charge >= 0.3 is 0 Å². The first-order chi connectivity index (χ1) is 14.5. The number of ether oxygens (including phenoxy) is 2. The quantitative estimate of drug-likeness (QED) is 0.451. The highest BCUT2D eigenvalue weighted by Gasteiger charge is 2.34. The van der Waals surface area contributed by atoms with E-state index in [1.807, 2.05) is 12.1 Å². The Hall–Kier alpha value is -1.81. The van der Waals surface area contributed by atoms with E-state index in [4.69, 9.17) is 25.6 Å². The molecule has 1 fully saturated rings. The maximum atomic E-state index is 6.16. The molecule has 0 aliphatic heterocycles. The molecule has 2 aromatic carbocycles. The van der Waals surface area contributed by atoms with E-state index < -0.39 is 0 Å². The Balaban J connectivity index is 1.71. The zero-order chi connectivity index (χ0) is 21.6. The standard InChI is InChI=1S/C26H33ClO3/c1-5-21-15-19(2)25(24(16-21)30-27)20(3)17-26(28-4)13-11-23(12-14-26)29-18-22-9-7-6-8-10-22/h6-10,15-17,23H,5,11-14,18H2,1-4H3/b20-17+. The number of hydrogen-bond donors (Lipinski definition) is 0. The van der Waals surface area contributed by atoms with Crippen LogP contribution < -0.4 is 4.29 Å². The van der Waals surface area contributed by atoms with Crippen LogP contribution in [0, 0.1) is 6.92 Å². The molecule has 30 heavy (non-hydrogen) atoms. The van der Waals surface area contributed by atoms with Crippen molar-refractivity contribution in [3.8, 4) is 5.75 Å². The van der Waals surface area contributed by atoms with Gasteiger partial charge in [-0.05, 0) is 80.4 Å². The Morgan fingerprint density at radius 3 is 2.43 bits per heavy atom. The average Bonchev–Trinajstić information content (AvgIpc) is 2.78. The van der Waals surface area contributed by atoms with Crippen LogP contribution in [0.1, 0.15) is 61.8 Å². The second-order valence-corrected chi connectivity index (χ2v) is 8.46. The molecule has 1 aliphatic rings. The van der Waals surface area contributed by atoms with Gasteiger partial charge in [-0.2, -0.15) is 0 Å². The molecule has 1 saturated carbocycles. The highest BCUT2D eigenvalue weighted by molar-refractivity contribution is 6.09. The van der Waals surface area contributed by atoms with Crippen molar-refractivity contribution in [2.45, 2.75) is 71.2 Å². The van der Waals surface area contributed by atoms with Crippen LogP contribution in [0.2, 0.25) is 0 Å². The topological polar surface area (TPSA) is 27.7 Å². The molecule has 0 atom stereocenters. The van der Waals surface area contributed by atoms with Crippen LogP contribution in [-0.4, -0.2) is 18.8 Å². The van der Waals surface area contributed by atoms with Gasteiger partial charge in [-0.3, -0.25) is 0 Å². The molecule has 0 heterocycles. The summed E-state index contributed by atoms with van der Waals surface area (Å²) in [6.45, 7) is 7.03. The largest absolute Gasteiger partial charge is 0.385 e. The maximum Gasteiger partial charge on any atom is 0.154 e. The summed E-state index contributed by atoms with van der Waals surface area (Å²) in [5.41, 5.74) is 5.52. The SMILES string of the molecule is CCc1cc(C)c(/C(C)=C/C2(OC)CCC(OCc3ccccc3)CC2)c(OCl)c1. The van der Waals surface area contributed by atoms with Crippen LogP contribution in [0.15, 0.2) is 48.5 Å². The van der Waals surface area contributed by atoms with Crippen molar-refractivity contribution < 1.29 is 13.8 Å². The van der Waals surface area contributed by atoms with Gasteiger partial charge in [0.05, 0.1) is 18.3 Å². The Morgan fingerprint density at radius 2 is 1.83 bits per heavy atom. The number of methoxy groups -OCH3 is 1. The lowest BCUT2D eigenvalue weighted by atomic mass is 9.80. The zero-order valence-electron chi connectivity index (χ0n) is 18.5. The fraction of sp³-hybridized carbons (Fsp3) is 0.462. The van der Waals surface area contributed by atoms with Crippen molar-refractivity contribution in [3.05, 3.63) is 70.8 Å². The molecule has 162 valence electrons. The summed E-state index contributed by atoms with van der Waals surface area (Å²) in [6, 6.07) is 14.6. The minimum atomic E-state index is -0.282. The average molecular weight is 429 g/mol. The summed E-state index contributed by atoms with van der Waals surface area (Å²) >= 11 is 5.82. The molecule has 4 heteroatoms. The normalized spacial score (nSPS) is 22.2. The minimum absolute atomic E-state index is 0.273. The van der Waals surface area contributed by atoms with Gasteiger partial charge in [0.2, 0.25) is 0 Å². The van der Waals surface area contributed by atoms with Crippen LogP contribution in [-0.2, 0) is 22.5 Å². The Bertz CT molecular complexity index is 852. The molecule has 0 radical (unpaired) electrons. The molecule has 0 spiro atoms. The molecule has 3 rings (SSSR count). The summed E-state index contributed by atoms with van der Waals surface area (Å²) in [5, 5.41) is 0. The van der Waals surface area contributed by atoms with E-state index in [1.54, 1.807) is 7.11 Å². The molecule has 0 bridgehead atoms. The third-order valence-corrected chi connectivity index (χ3v) is 6.40. The van der Waals surface area contributed by atoms with Crippen molar-refractivity contribution in [1.82, 2.24) is 0 Å². The van der Waals surface area contributed by atoms with Crippen molar-refractivity contribution in [3.63, 3.8) is 0 Å². The van der Waals surface area contributed by atoms with Crippen molar-refractivity contribution in [1.29, 1.82) is 0 Å². The van der Waals surface area contributed by atoms with Crippen LogP contribution in [0.4, 0.5) is 0 Å². The lowest BCUT2D eigenvalue weighted by Crippen LogP contribution is -2.37. The van der Waals surface area contributed by atoms with Crippen LogP contribution in [0.5, 0.6) is 5.75 Å². The molecule has 1 aliphatic carbocycles. The van der Waals surface area contributed by atoms with Gasteiger partial charge in [0.25, 0.3) is 0 Å². The van der Waals surface area contributed by atoms with Crippen molar-refractivity contribution in [2.24, 2.45) is 0 Å². The fourth-order valence-corrected chi connectivity index (χ4v) is 4.63. The monoisotopic (exact) mass is 428 g/mol. The Kier molecular flexibility index (Phi) is 7.99. The summed E-state index contributed by atoms with van der Waals surface area (Å²) in [6.07, 6.45) is 7.31. The number of halogens is 1. The molecule has 0 aromatic heterocycles. The molecule has 2 aromatic rings. The summed E-state index contributed by atoms with van der Waals surface area (Å²) in [5.74, 6) is 0.716. The van der Waals surface area contributed by atoms with Gasteiger partial charge in [0.15, 0.2) is 5.75 Å². The lowest BCUT2D eigenvalue weighted by Gasteiger charge is -2.37. The Labute approximate surface area is 186 Å². The number of benzene rings is 2. The molecule has 0 saturated heterocycles. The second kappa shape index (κ2) is 10.5. The van der Waals surface area contributed by atoms with Gasteiger partial charge < -0.3 is 13.8 Å². The number of aryl methyl sites for hydroxylation is 2. The third kappa shape index (κ3) is 5.46. The molecule has 0 N–H and O–H groups in total. The van der Waals surface area contributed by atoms with E-state index in [9.17, 15) is 0 Å². The first-order valence-corrected chi connectivity index (χ1v) is 11.1. The van der Waals surface area contributed by atoms with Gasteiger partial charge in [0, 0.05) is 12.7 Å². The summed E-state index contributed by atoms with van der Waals surface area (Å²) in [7, 11) is 1.81. The summed E-state index contributed by atoms with van der Waals surface area (Å²) in [4.78, 5) is 0. The zero-order valence-corrected chi connectivity index (χ0v) is 19.3. The van der Waals surface area contributed by atoms with Crippen LogP contribution in [0.25, 0.3) is 5.57 Å². The highest BCUT2D eigenvalue weighted by Crippen LogP contribution is 2.39. The van der Waals surface area contributed by atoms with Gasteiger partial charge in [-0.1, -0.05) is 43.3 Å². The van der Waals surface area contributed by atoms with E-state index in [0.29, 0.717) is 12.4 Å². The van der Waals surface area contributed by atoms with E-state index in [2.05, 4.69) is 57.2 Å².